The second-order valence-corrected chi connectivity index (χ2v) is 9.95. The standard InChI is InChI=1S/C25H34ClN5O3/c1-3-9-29(2)25(33)31-12-4-17(5-13-31)16-30-10-6-18(7-11-30)28-24(32)20-15-21(26)22(27)19-8-14-34-23(19)20/h1,15,17-18H,4-14,16,27H2,2H3,(H,28,32). The molecule has 184 valence electrons. The van der Waals surface area contributed by atoms with Crippen LogP contribution in [-0.2, 0) is 6.42 Å². The minimum atomic E-state index is -0.148. The van der Waals surface area contributed by atoms with Gasteiger partial charge in [0.2, 0.25) is 0 Å². The molecule has 34 heavy (non-hydrogen) atoms. The highest BCUT2D eigenvalue weighted by Gasteiger charge is 2.30. The van der Waals surface area contributed by atoms with Crippen molar-refractivity contribution in [2.24, 2.45) is 5.92 Å². The van der Waals surface area contributed by atoms with Crippen LogP contribution in [0, 0.1) is 18.3 Å². The quantitative estimate of drug-likeness (QED) is 0.491. The zero-order chi connectivity index (χ0) is 24.2. The van der Waals surface area contributed by atoms with Crippen molar-refractivity contribution in [3.63, 3.8) is 0 Å². The predicted octanol–water partition coefficient (Wildman–Crippen LogP) is 2.45. The lowest BCUT2D eigenvalue weighted by Crippen LogP contribution is -2.48. The highest BCUT2D eigenvalue weighted by molar-refractivity contribution is 6.33. The fourth-order valence-corrected chi connectivity index (χ4v) is 5.40. The smallest absolute Gasteiger partial charge is 0.320 e. The van der Waals surface area contributed by atoms with Gasteiger partial charge in [-0.1, -0.05) is 17.5 Å². The summed E-state index contributed by atoms with van der Waals surface area (Å²) in [6, 6.07) is 1.77. The number of likely N-dealkylation sites (tertiary alicyclic amines) is 2. The van der Waals surface area contributed by atoms with Crippen LogP contribution in [0.25, 0.3) is 0 Å². The number of nitrogens with two attached hydrogens (primary N) is 1. The van der Waals surface area contributed by atoms with Crippen LogP contribution in [0.3, 0.4) is 0 Å². The summed E-state index contributed by atoms with van der Waals surface area (Å²) < 4.78 is 5.68. The molecule has 0 aromatic heterocycles. The molecule has 2 fully saturated rings. The second kappa shape index (κ2) is 10.7. The van der Waals surface area contributed by atoms with Gasteiger partial charge in [0.1, 0.15) is 5.75 Å². The third-order valence-electron chi connectivity index (χ3n) is 7.19. The van der Waals surface area contributed by atoms with Crippen molar-refractivity contribution in [1.29, 1.82) is 0 Å². The van der Waals surface area contributed by atoms with Gasteiger partial charge in [0.25, 0.3) is 5.91 Å². The Morgan fingerprint density at radius 2 is 1.97 bits per heavy atom. The van der Waals surface area contributed by atoms with Crippen LogP contribution in [0.4, 0.5) is 10.5 Å². The van der Waals surface area contributed by atoms with Crippen LogP contribution < -0.4 is 15.8 Å². The maximum atomic E-state index is 13.0. The van der Waals surface area contributed by atoms with Crippen molar-refractivity contribution in [2.75, 3.05) is 58.7 Å². The molecule has 3 amide bonds. The SMILES string of the molecule is C#CCN(C)C(=O)N1CCC(CN2CCC(NC(=O)c3cc(Cl)c(N)c4c3OCC4)CC2)CC1. The van der Waals surface area contributed by atoms with Crippen LogP contribution >= 0.6 is 11.6 Å². The average Bonchev–Trinajstić information content (AvgIpc) is 3.33. The number of ether oxygens (including phenoxy) is 1. The van der Waals surface area contributed by atoms with Gasteiger partial charge in [0.15, 0.2) is 0 Å². The molecule has 0 bridgehead atoms. The van der Waals surface area contributed by atoms with E-state index in [0.717, 1.165) is 64.0 Å². The van der Waals surface area contributed by atoms with E-state index in [1.165, 1.54) is 0 Å². The number of piperidine rings is 2. The van der Waals surface area contributed by atoms with E-state index in [1.807, 2.05) is 4.90 Å². The largest absolute Gasteiger partial charge is 0.492 e. The number of nitrogens with one attached hydrogen (secondary N) is 1. The normalized spacial score (nSPS) is 19.3. The molecule has 3 aliphatic rings. The molecule has 0 radical (unpaired) electrons. The number of halogens is 1. The van der Waals surface area contributed by atoms with Gasteiger partial charge in [-0.2, -0.15) is 0 Å². The Hall–Kier alpha value is -2.63. The van der Waals surface area contributed by atoms with Crippen molar-refractivity contribution >= 4 is 29.2 Å². The van der Waals surface area contributed by atoms with Gasteiger partial charge in [-0.25, -0.2) is 4.79 Å². The molecular weight excluding hydrogens is 454 g/mol. The Bertz CT molecular complexity index is 962. The van der Waals surface area contributed by atoms with Crippen LogP contribution in [-0.4, -0.2) is 85.6 Å². The molecule has 1 aromatic rings. The van der Waals surface area contributed by atoms with Gasteiger partial charge in [0.05, 0.1) is 29.4 Å². The first kappa shape index (κ1) is 24.5. The van der Waals surface area contributed by atoms with Crippen molar-refractivity contribution in [3.8, 4) is 18.1 Å². The second-order valence-electron chi connectivity index (χ2n) is 9.55. The number of hydrogen-bond acceptors (Lipinski definition) is 5. The number of terminal acetylenes is 1. The van der Waals surface area contributed by atoms with E-state index in [2.05, 4.69) is 16.1 Å². The molecule has 0 saturated carbocycles. The molecule has 0 atom stereocenters. The lowest BCUT2D eigenvalue weighted by Gasteiger charge is -2.38. The minimum Gasteiger partial charge on any atom is -0.492 e. The van der Waals surface area contributed by atoms with Crippen molar-refractivity contribution in [2.45, 2.75) is 38.1 Å². The lowest BCUT2D eigenvalue weighted by atomic mass is 9.94. The topological polar surface area (TPSA) is 91.1 Å². The van der Waals surface area contributed by atoms with Crippen molar-refractivity contribution in [1.82, 2.24) is 20.0 Å². The fraction of sp³-hybridized carbons (Fsp3) is 0.600. The monoisotopic (exact) mass is 487 g/mol. The highest BCUT2D eigenvalue weighted by atomic mass is 35.5. The molecule has 0 aliphatic carbocycles. The molecular formula is C25H34ClN5O3. The van der Waals surface area contributed by atoms with Crippen LogP contribution in [0.5, 0.6) is 5.75 Å². The van der Waals surface area contributed by atoms with Gasteiger partial charge in [-0.05, 0) is 37.7 Å². The molecule has 3 aliphatic heterocycles. The number of anilines is 1. The number of carbonyl (C=O) groups excluding carboxylic acids is 2. The number of fused-ring (bicyclic) bond motifs is 1. The van der Waals surface area contributed by atoms with E-state index in [1.54, 1.807) is 18.0 Å². The molecule has 9 heteroatoms. The summed E-state index contributed by atoms with van der Waals surface area (Å²) >= 11 is 6.25. The van der Waals surface area contributed by atoms with E-state index < -0.39 is 0 Å². The first-order valence-electron chi connectivity index (χ1n) is 12.1. The number of nitrogen functional groups attached to an aromatic ring is 1. The van der Waals surface area contributed by atoms with E-state index in [9.17, 15) is 9.59 Å². The Morgan fingerprint density at radius 3 is 2.65 bits per heavy atom. The molecule has 3 N–H and O–H groups in total. The van der Waals surface area contributed by atoms with E-state index >= 15 is 0 Å². The average molecular weight is 488 g/mol. The third kappa shape index (κ3) is 5.37. The zero-order valence-electron chi connectivity index (χ0n) is 19.8. The number of rotatable bonds is 5. The van der Waals surface area contributed by atoms with Gasteiger partial charge < -0.3 is 30.5 Å². The summed E-state index contributed by atoms with van der Waals surface area (Å²) in [7, 11) is 1.75. The first-order valence-corrected chi connectivity index (χ1v) is 12.5. The Morgan fingerprint density at radius 1 is 1.26 bits per heavy atom. The van der Waals surface area contributed by atoms with Crippen LogP contribution in [0.1, 0.15) is 41.6 Å². The minimum absolute atomic E-state index is 0.0198. The summed E-state index contributed by atoms with van der Waals surface area (Å²) in [5.74, 6) is 3.53. The number of hydrogen-bond donors (Lipinski definition) is 2. The van der Waals surface area contributed by atoms with Gasteiger partial charge in [-0.3, -0.25) is 4.79 Å². The van der Waals surface area contributed by atoms with Gasteiger partial charge in [-0.15, -0.1) is 6.42 Å². The third-order valence-corrected chi connectivity index (χ3v) is 7.51. The van der Waals surface area contributed by atoms with Crippen LogP contribution in [0.2, 0.25) is 5.02 Å². The number of benzene rings is 1. The fourth-order valence-electron chi connectivity index (χ4n) is 5.18. The molecule has 3 heterocycles. The highest BCUT2D eigenvalue weighted by Crippen LogP contribution is 2.38. The molecule has 8 nitrogen and oxygen atoms in total. The number of urea groups is 1. The number of carbonyl (C=O) groups is 2. The summed E-state index contributed by atoms with van der Waals surface area (Å²) in [4.78, 5) is 31.3. The zero-order valence-corrected chi connectivity index (χ0v) is 20.6. The summed E-state index contributed by atoms with van der Waals surface area (Å²) in [5, 5.41) is 3.57. The Balaban J connectivity index is 1.22. The predicted molar refractivity (Wildman–Crippen MR) is 133 cm³/mol. The number of amides is 3. The van der Waals surface area contributed by atoms with Crippen molar-refractivity contribution in [3.05, 3.63) is 22.2 Å². The first-order chi connectivity index (χ1) is 16.4. The molecule has 0 unspecified atom stereocenters. The molecule has 0 spiro atoms. The maximum Gasteiger partial charge on any atom is 0.320 e. The van der Waals surface area contributed by atoms with Gasteiger partial charge >= 0.3 is 6.03 Å². The van der Waals surface area contributed by atoms with E-state index in [0.29, 0.717) is 47.5 Å². The number of nitrogens with zero attached hydrogens (tertiary/aromatic N) is 3. The van der Waals surface area contributed by atoms with Crippen molar-refractivity contribution < 1.29 is 14.3 Å². The van der Waals surface area contributed by atoms with Gasteiger partial charge in [0, 0.05) is 57.8 Å². The summed E-state index contributed by atoms with van der Waals surface area (Å²) in [6.45, 7) is 5.36. The van der Waals surface area contributed by atoms with E-state index in [-0.39, 0.29) is 18.0 Å². The molecule has 1 aromatic carbocycles. The van der Waals surface area contributed by atoms with E-state index in [4.69, 9.17) is 28.5 Å². The Labute approximate surface area is 206 Å². The summed E-state index contributed by atoms with van der Waals surface area (Å²) in [5.41, 5.74) is 7.87. The summed E-state index contributed by atoms with van der Waals surface area (Å²) in [6.07, 6.45) is 9.83. The van der Waals surface area contributed by atoms with Crippen LogP contribution in [0.15, 0.2) is 6.07 Å². The molecule has 2 saturated heterocycles. The molecule has 4 rings (SSSR count). The maximum absolute atomic E-state index is 13.0. The lowest BCUT2D eigenvalue weighted by molar-refractivity contribution is 0.0887. The Kier molecular flexibility index (Phi) is 7.74.